The van der Waals surface area contributed by atoms with Crippen LogP contribution in [0.2, 0.25) is 0 Å². The summed E-state index contributed by atoms with van der Waals surface area (Å²) < 4.78 is 61.9. The first-order chi connectivity index (χ1) is 10.7. The molecule has 23 heavy (non-hydrogen) atoms. The Morgan fingerprint density at radius 3 is 2.43 bits per heavy atom. The minimum absolute atomic E-state index is 0.0101. The summed E-state index contributed by atoms with van der Waals surface area (Å²) in [4.78, 5) is 3.88. The molecule has 0 aliphatic rings. The number of nitrogens with zero attached hydrogens (tertiary/aromatic N) is 3. The van der Waals surface area contributed by atoms with E-state index in [1.54, 1.807) is 0 Å². The van der Waals surface area contributed by atoms with Crippen LogP contribution in [-0.4, -0.2) is 33.3 Å². The monoisotopic (exact) mass is 334 g/mol. The van der Waals surface area contributed by atoms with Crippen molar-refractivity contribution in [1.82, 2.24) is 15.2 Å². The topological polar surface area (TPSA) is 70.9 Å². The lowest BCUT2D eigenvalue weighted by Crippen LogP contribution is -2.14. The fourth-order valence-corrected chi connectivity index (χ4v) is 1.80. The molecule has 0 saturated heterocycles. The van der Waals surface area contributed by atoms with Gasteiger partial charge in [-0.1, -0.05) is 0 Å². The van der Waals surface area contributed by atoms with Gasteiger partial charge in [0.15, 0.2) is 0 Å². The van der Waals surface area contributed by atoms with Crippen LogP contribution in [0.25, 0.3) is 11.3 Å². The minimum atomic E-state index is -4.59. The fraction of sp³-hybridized carbons (Fsp3) is 0.308. The first-order valence-corrected chi connectivity index (χ1v) is 6.32. The lowest BCUT2D eigenvalue weighted by atomic mass is 10.1. The lowest BCUT2D eigenvalue weighted by molar-refractivity contribution is -0.137. The molecule has 2 rings (SSSR count). The molecule has 0 amide bonds. The standard InChI is InChI=1S/C13H11F5N4O/c1-6-11(21-22-12(20-6)19-5-10(14)15)8-3-2-7(4-9(8)23)13(16,17)18/h2-4,10,23H,5H2,1H3,(H,19,20,22). The summed E-state index contributed by atoms with van der Waals surface area (Å²) in [5.41, 5.74) is -0.728. The van der Waals surface area contributed by atoms with E-state index in [1.165, 1.54) is 6.92 Å². The molecule has 0 aliphatic heterocycles. The van der Waals surface area contributed by atoms with Gasteiger partial charge in [0.1, 0.15) is 11.4 Å². The highest BCUT2D eigenvalue weighted by molar-refractivity contribution is 5.69. The van der Waals surface area contributed by atoms with Gasteiger partial charge in [-0.2, -0.15) is 13.2 Å². The average molecular weight is 334 g/mol. The quantitative estimate of drug-likeness (QED) is 0.840. The number of hydrogen-bond acceptors (Lipinski definition) is 5. The number of anilines is 1. The van der Waals surface area contributed by atoms with Crippen LogP contribution in [0.3, 0.4) is 0 Å². The van der Waals surface area contributed by atoms with Crippen molar-refractivity contribution in [3.8, 4) is 17.0 Å². The molecule has 1 aromatic heterocycles. The highest BCUT2D eigenvalue weighted by atomic mass is 19.4. The molecule has 0 saturated carbocycles. The average Bonchev–Trinajstić information content (AvgIpc) is 2.44. The molecular formula is C13H11F5N4O. The molecule has 10 heteroatoms. The molecule has 5 nitrogen and oxygen atoms in total. The van der Waals surface area contributed by atoms with Crippen LogP contribution in [0.15, 0.2) is 18.2 Å². The summed E-state index contributed by atoms with van der Waals surface area (Å²) >= 11 is 0. The number of alkyl halides is 5. The molecule has 0 aliphatic carbocycles. The number of halogens is 5. The van der Waals surface area contributed by atoms with E-state index >= 15 is 0 Å². The Bertz CT molecular complexity index is 705. The Balaban J connectivity index is 2.32. The second kappa shape index (κ2) is 6.31. The van der Waals surface area contributed by atoms with Crippen molar-refractivity contribution in [1.29, 1.82) is 0 Å². The Labute approximate surface area is 127 Å². The second-order valence-electron chi connectivity index (χ2n) is 4.57. The Morgan fingerprint density at radius 1 is 1.22 bits per heavy atom. The lowest BCUT2D eigenvalue weighted by Gasteiger charge is -2.11. The maximum atomic E-state index is 12.6. The fourth-order valence-electron chi connectivity index (χ4n) is 1.80. The SMILES string of the molecule is Cc1nc(NCC(F)F)nnc1-c1ccc(C(F)(F)F)cc1O. The number of phenols is 1. The summed E-state index contributed by atoms with van der Waals surface area (Å²) in [6, 6.07) is 2.40. The zero-order valence-corrected chi connectivity index (χ0v) is 11.7. The highest BCUT2D eigenvalue weighted by Crippen LogP contribution is 2.36. The van der Waals surface area contributed by atoms with Crippen LogP contribution in [-0.2, 0) is 6.18 Å². The Morgan fingerprint density at radius 2 is 1.91 bits per heavy atom. The van der Waals surface area contributed by atoms with Crippen LogP contribution in [0, 0.1) is 6.92 Å². The smallest absolute Gasteiger partial charge is 0.416 e. The first-order valence-electron chi connectivity index (χ1n) is 6.32. The van der Waals surface area contributed by atoms with Crippen LogP contribution >= 0.6 is 0 Å². The van der Waals surface area contributed by atoms with Gasteiger partial charge in [0.05, 0.1) is 17.8 Å². The number of phenolic OH excluding ortho intramolecular Hbond substituents is 1. The third-order valence-electron chi connectivity index (χ3n) is 2.86. The molecule has 0 bridgehead atoms. The molecule has 1 aromatic carbocycles. The second-order valence-corrected chi connectivity index (χ2v) is 4.57. The van der Waals surface area contributed by atoms with E-state index in [-0.39, 0.29) is 22.9 Å². The van der Waals surface area contributed by atoms with E-state index in [9.17, 15) is 27.1 Å². The predicted molar refractivity (Wildman–Crippen MR) is 71.2 cm³/mol. The summed E-state index contributed by atoms with van der Waals surface area (Å²) in [6.07, 6.45) is -7.18. The molecule has 0 unspecified atom stereocenters. The molecule has 0 fully saturated rings. The van der Waals surface area contributed by atoms with Gasteiger partial charge in [-0.3, -0.25) is 0 Å². The molecular weight excluding hydrogens is 323 g/mol. The maximum absolute atomic E-state index is 12.6. The van der Waals surface area contributed by atoms with Gasteiger partial charge in [-0.15, -0.1) is 10.2 Å². The van der Waals surface area contributed by atoms with Crippen LogP contribution in [0.4, 0.5) is 27.9 Å². The van der Waals surface area contributed by atoms with E-state index < -0.39 is 30.5 Å². The van der Waals surface area contributed by atoms with Gasteiger partial charge < -0.3 is 10.4 Å². The summed E-state index contributed by atoms with van der Waals surface area (Å²) in [7, 11) is 0. The summed E-state index contributed by atoms with van der Waals surface area (Å²) in [5.74, 6) is -0.773. The van der Waals surface area contributed by atoms with Crippen molar-refractivity contribution in [2.24, 2.45) is 0 Å². The van der Waals surface area contributed by atoms with Gasteiger partial charge >= 0.3 is 6.18 Å². The van der Waals surface area contributed by atoms with E-state index in [4.69, 9.17) is 0 Å². The zero-order chi connectivity index (χ0) is 17.2. The van der Waals surface area contributed by atoms with Crippen molar-refractivity contribution >= 4 is 5.95 Å². The number of benzene rings is 1. The predicted octanol–water partition coefficient (Wildman–Crippen LogP) is 3.25. The normalized spacial score (nSPS) is 11.8. The highest BCUT2D eigenvalue weighted by Gasteiger charge is 2.31. The van der Waals surface area contributed by atoms with Gasteiger partial charge in [-0.05, 0) is 25.1 Å². The van der Waals surface area contributed by atoms with Crippen LogP contribution in [0.1, 0.15) is 11.3 Å². The van der Waals surface area contributed by atoms with Crippen LogP contribution < -0.4 is 5.32 Å². The molecule has 0 atom stereocenters. The van der Waals surface area contributed by atoms with Crippen molar-refractivity contribution in [2.75, 3.05) is 11.9 Å². The van der Waals surface area contributed by atoms with E-state index in [2.05, 4.69) is 20.5 Å². The van der Waals surface area contributed by atoms with Gasteiger partial charge in [0, 0.05) is 5.56 Å². The summed E-state index contributed by atoms with van der Waals surface area (Å²) in [5, 5.41) is 19.3. The minimum Gasteiger partial charge on any atom is -0.507 e. The van der Waals surface area contributed by atoms with Crippen molar-refractivity contribution < 1.29 is 27.1 Å². The van der Waals surface area contributed by atoms with Crippen molar-refractivity contribution in [3.05, 3.63) is 29.5 Å². The van der Waals surface area contributed by atoms with Crippen LogP contribution in [0.5, 0.6) is 5.75 Å². The third kappa shape index (κ3) is 4.02. The van der Waals surface area contributed by atoms with Crippen molar-refractivity contribution in [2.45, 2.75) is 19.5 Å². The largest absolute Gasteiger partial charge is 0.507 e. The number of hydrogen-bond donors (Lipinski definition) is 2. The number of rotatable bonds is 4. The van der Waals surface area contributed by atoms with Gasteiger partial charge in [0.25, 0.3) is 6.43 Å². The third-order valence-corrected chi connectivity index (χ3v) is 2.86. The molecule has 0 spiro atoms. The summed E-state index contributed by atoms with van der Waals surface area (Å²) in [6.45, 7) is 0.806. The zero-order valence-electron chi connectivity index (χ0n) is 11.7. The first kappa shape index (κ1) is 16.8. The number of aromatic hydroxyl groups is 1. The molecule has 2 N–H and O–H groups in total. The molecule has 2 aromatic rings. The van der Waals surface area contributed by atoms with E-state index in [1.807, 2.05) is 0 Å². The van der Waals surface area contributed by atoms with Crippen molar-refractivity contribution in [3.63, 3.8) is 0 Å². The molecule has 124 valence electrons. The Hall–Kier alpha value is -2.52. The molecule has 1 heterocycles. The maximum Gasteiger partial charge on any atom is 0.416 e. The van der Waals surface area contributed by atoms with Gasteiger partial charge in [-0.25, -0.2) is 13.8 Å². The molecule has 0 radical (unpaired) electrons. The van der Waals surface area contributed by atoms with E-state index in [0.29, 0.717) is 6.07 Å². The number of aryl methyl sites for hydroxylation is 1. The Kier molecular flexibility index (Phi) is 4.62. The van der Waals surface area contributed by atoms with Gasteiger partial charge in [0.2, 0.25) is 5.95 Å². The van der Waals surface area contributed by atoms with E-state index in [0.717, 1.165) is 12.1 Å². The number of aromatic nitrogens is 3. The number of nitrogens with one attached hydrogen (secondary N) is 1.